The second-order valence-electron chi connectivity index (χ2n) is 5.36. The molecule has 118 valence electrons. The van der Waals surface area contributed by atoms with Crippen molar-refractivity contribution in [2.45, 2.75) is 43.0 Å². The van der Waals surface area contributed by atoms with Crippen LogP contribution in [0.4, 0.5) is 0 Å². The second kappa shape index (κ2) is 6.27. The van der Waals surface area contributed by atoms with Gasteiger partial charge in [-0.25, -0.2) is 8.42 Å². The number of hydrogen-bond donors (Lipinski definition) is 2. The van der Waals surface area contributed by atoms with Crippen LogP contribution in [0.1, 0.15) is 32.6 Å². The molecule has 0 aliphatic heterocycles. The number of carboxylic acid groups (broad SMARTS) is 1. The van der Waals surface area contributed by atoms with Crippen LogP contribution in [0, 0.1) is 5.92 Å². The largest absolute Gasteiger partial charge is 0.480 e. The SMILES string of the molecule is CC1CCC(NS(=O)(=O)c2cc(Br)sc2Br)(C(=O)O)CC1. The van der Waals surface area contributed by atoms with E-state index >= 15 is 0 Å². The van der Waals surface area contributed by atoms with E-state index in [2.05, 4.69) is 36.6 Å². The monoisotopic (exact) mass is 459 g/mol. The number of aliphatic carboxylic acids is 1. The molecule has 9 heteroatoms. The highest BCUT2D eigenvalue weighted by Crippen LogP contribution is 2.37. The summed E-state index contributed by atoms with van der Waals surface area (Å²) in [7, 11) is -3.89. The summed E-state index contributed by atoms with van der Waals surface area (Å²) in [6.45, 7) is 2.05. The molecule has 2 N–H and O–H groups in total. The Morgan fingerprint density at radius 1 is 1.43 bits per heavy atom. The van der Waals surface area contributed by atoms with Crippen molar-refractivity contribution in [3.63, 3.8) is 0 Å². The minimum atomic E-state index is -3.89. The molecular formula is C12H15Br2NO4S2. The molecule has 0 unspecified atom stereocenters. The Labute approximate surface area is 144 Å². The van der Waals surface area contributed by atoms with E-state index in [1.165, 1.54) is 17.4 Å². The van der Waals surface area contributed by atoms with Crippen molar-refractivity contribution >= 4 is 59.2 Å². The normalized spacial score (nSPS) is 26.7. The van der Waals surface area contributed by atoms with E-state index in [4.69, 9.17) is 0 Å². The van der Waals surface area contributed by atoms with Crippen molar-refractivity contribution in [1.29, 1.82) is 0 Å². The molecule has 1 saturated carbocycles. The van der Waals surface area contributed by atoms with Gasteiger partial charge in [-0.2, -0.15) is 4.72 Å². The molecule has 0 spiro atoms. The standard InChI is InChI=1S/C12H15Br2NO4S2/c1-7-2-4-12(5-3-7,11(16)17)15-21(18,19)8-6-9(13)20-10(8)14/h6-7,15H,2-5H2,1H3,(H,16,17). The van der Waals surface area contributed by atoms with Crippen LogP contribution in [0.2, 0.25) is 0 Å². The average molecular weight is 461 g/mol. The zero-order valence-corrected chi connectivity index (χ0v) is 16.0. The lowest BCUT2D eigenvalue weighted by molar-refractivity contribution is -0.145. The number of nitrogens with one attached hydrogen (secondary N) is 1. The van der Waals surface area contributed by atoms with Gasteiger partial charge in [0, 0.05) is 0 Å². The maximum Gasteiger partial charge on any atom is 0.324 e. The zero-order chi connectivity index (χ0) is 15.8. The van der Waals surface area contributed by atoms with Crippen LogP contribution in [-0.2, 0) is 14.8 Å². The van der Waals surface area contributed by atoms with Crippen molar-refractivity contribution < 1.29 is 18.3 Å². The number of carboxylic acids is 1. The molecule has 1 aliphatic carbocycles. The van der Waals surface area contributed by atoms with Crippen molar-refractivity contribution in [1.82, 2.24) is 4.72 Å². The van der Waals surface area contributed by atoms with Crippen LogP contribution in [0.15, 0.2) is 18.5 Å². The van der Waals surface area contributed by atoms with E-state index in [0.717, 1.165) is 0 Å². The topological polar surface area (TPSA) is 83.5 Å². The highest BCUT2D eigenvalue weighted by atomic mass is 79.9. The molecule has 2 rings (SSSR count). The van der Waals surface area contributed by atoms with Crippen LogP contribution in [0.5, 0.6) is 0 Å². The van der Waals surface area contributed by atoms with Gasteiger partial charge in [-0.1, -0.05) is 6.92 Å². The molecule has 1 aromatic heterocycles. The lowest BCUT2D eigenvalue weighted by Crippen LogP contribution is -2.56. The van der Waals surface area contributed by atoms with Gasteiger partial charge in [0.05, 0.1) is 7.57 Å². The van der Waals surface area contributed by atoms with E-state index in [1.807, 2.05) is 6.92 Å². The van der Waals surface area contributed by atoms with E-state index in [1.54, 1.807) is 0 Å². The highest BCUT2D eigenvalue weighted by Gasteiger charge is 2.45. The van der Waals surface area contributed by atoms with Crippen molar-refractivity contribution in [2.75, 3.05) is 0 Å². The Morgan fingerprint density at radius 2 is 2.00 bits per heavy atom. The van der Waals surface area contributed by atoms with E-state index in [9.17, 15) is 18.3 Å². The van der Waals surface area contributed by atoms with Gasteiger partial charge < -0.3 is 5.11 Å². The summed E-state index contributed by atoms with van der Waals surface area (Å²) in [5, 5.41) is 9.51. The van der Waals surface area contributed by atoms with Crippen LogP contribution in [-0.4, -0.2) is 25.0 Å². The first-order valence-electron chi connectivity index (χ1n) is 6.38. The second-order valence-corrected chi connectivity index (χ2v) is 10.8. The molecule has 0 atom stereocenters. The number of sulfonamides is 1. The molecule has 0 bridgehead atoms. The summed E-state index contributed by atoms with van der Waals surface area (Å²) in [5.41, 5.74) is -1.40. The zero-order valence-electron chi connectivity index (χ0n) is 11.2. The molecule has 1 fully saturated rings. The lowest BCUT2D eigenvalue weighted by Gasteiger charge is -2.36. The Bertz CT molecular complexity index is 648. The van der Waals surface area contributed by atoms with Gasteiger partial charge in [0.25, 0.3) is 0 Å². The van der Waals surface area contributed by atoms with Gasteiger partial charge in [0.2, 0.25) is 10.0 Å². The lowest BCUT2D eigenvalue weighted by atomic mass is 9.78. The maximum absolute atomic E-state index is 12.5. The van der Waals surface area contributed by atoms with Crippen LogP contribution < -0.4 is 4.72 Å². The average Bonchev–Trinajstić information content (AvgIpc) is 2.72. The molecule has 0 radical (unpaired) electrons. The summed E-state index contributed by atoms with van der Waals surface area (Å²) < 4.78 is 28.6. The van der Waals surface area contributed by atoms with Gasteiger partial charge >= 0.3 is 5.97 Å². The van der Waals surface area contributed by atoms with Crippen LogP contribution in [0.3, 0.4) is 0 Å². The molecule has 1 aromatic rings. The van der Waals surface area contributed by atoms with Crippen LogP contribution in [0.25, 0.3) is 0 Å². The molecule has 21 heavy (non-hydrogen) atoms. The number of carbonyl (C=O) groups is 1. The molecular weight excluding hydrogens is 446 g/mol. The van der Waals surface area contributed by atoms with Gasteiger partial charge in [0.1, 0.15) is 10.4 Å². The number of rotatable bonds is 4. The predicted octanol–water partition coefficient (Wildman–Crippen LogP) is 3.58. The first-order valence-corrected chi connectivity index (χ1v) is 10.3. The van der Waals surface area contributed by atoms with Gasteiger partial charge in [-0.15, -0.1) is 11.3 Å². The summed E-state index contributed by atoms with van der Waals surface area (Å²) in [5.74, 6) is -0.688. The molecule has 5 nitrogen and oxygen atoms in total. The van der Waals surface area contributed by atoms with Gasteiger partial charge in [-0.05, 0) is 69.5 Å². The third kappa shape index (κ3) is 3.69. The summed E-state index contributed by atoms with van der Waals surface area (Å²) in [6.07, 6.45) is 2.02. The third-order valence-electron chi connectivity index (χ3n) is 3.78. The highest BCUT2D eigenvalue weighted by molar-refractivity contribution is 9.12. The molecule has 0 aromatic carbocycles. The Hall–Kier alpha value is 0.0400. The first kappa shape index (κ1) is 17.4. The minimum Gasteiger partial charge on any atom is -0.480 e. The number of thiophene rings is 1. The quantitative estimate of drug-likeness (QED) is 0.719. The van der Waals surface area contributed by atoms with E-state index in [-0.39, 0.29) is 4.90 Å². The number of hydrogen-bond acceptors (Lipinski definition) is 4. The number of halogens is 2. The van der Waals surface area contributed by atoms with Gasteiger partial charge in [0.15, 0.2) is 0 Å². The molecule has 1 heterocycles. The summed E-state index contributed by atoms with van der Waals surface area (Å²) in [6, 6.07) is 1.47. The Balaban J connectivity index is 2.33. The predicted molar refractivity (Wildman–Crippen MR) is 88.0 cm³/mol. The summed E-state index contributed by atoms with van der Waals surface area (Å²) in [4.78, 5) is 11.7. The van der Waals surface area contributed by atoms with Crippen molar-refractivity contribution in [2.24, 2.45) is 5.92 Å². The van der Waals surface area contributed by atoms with Crippen molar-refractivity contribution in [3.05, 3.63) is 13.6 Å². The third-order valence-corrected chi connectivity index (χ3v) is 8.07. The van der Waals surface area contributed by atoms with Crippen molar-refractivity contribution in [3.8, 4) is 0 Å². The Morgan fingerprint density at radius 3 is 2.43 bits per heavy atom. The fourth-order valence-electron chi connectivity index (χ4n) is 2.44. The van der Waals surface area contributed by atoms with Crippen LogP contribution >= 0.6 is 43.2 Å². The molecule has 1 aliphatic rings. The molecule has 0 amide bonds. The maximum atomic E-state index is 12.5. The van der Waals surface area contributed by atoms with E-state index < -0.39 is 21.5 Å². The fourth-order valence-corrected chi connectivity index (χ4v) is 7.67. The Kier molecular flexibility index (Phi) is 5.19. The van der Waals surface area contributed by atoms with E-state index in [0.29, 0.717) is 39.2 Å². The summed E-state index contributed by atoms with van der Waals surface area (Å²) >= 11 is 7.67. The fraction of sp³-hybridized carbons (Fsp3) is 0.583. The minimum absolute atomic E-state index is 0.0682. The van der Waals surface area contributed by atoms with Gasteiger partial charge in [-0.3, -0.25) is 4.79 Å². The molecule has 0 saturated heterocycles. The smallest absolute Gasteiger partial charge is 0.324 e. The first-order chi connectivity index (χ1) is 9.66.